The van der Waals surface area contributed by atoms with E-state index in [1.54, 1.807) is 6.20 Å². The Labute approximate surface area is 97.6 Å². The van der Waals surface area contributed by atoms with Crippen LogP contribution in [0.4, 0.5) is 0 Å². The average Bonchev–Trinajstić information content (AvgIpc) is 2.81. The predicted molar refractivity (Wildman–Crippen MR) is 64.2 cm³/mol. The summed E-state index contributed by atoms with van der Waals surface area (Å²) >= 11 is 0. The molecule has 0 aromatic carbocycles. The van der Waals surface area contributed by atoms with Crippen molar-refractivity contribution >= 4 is 0 Å². The lowest BCUT2D eigenvalue weighted by Gasteiger charge is -2.37. The minimum Gasteiger partial charge on any atom is -0.300 e. The maximum atomic E-state index is 4.09. The Balaban J connectivity index is 1.87. The zero-order valence-electron chi connectivity index (χ0n) is 10.5. The summed E-state index contributed by atoms with van der Waals surface area (Å²) in [6, 6.07) is 1.25. The van der Waals surface area contributed by atoms with E-state index in [1.165, 1.54) is 25.9 Å². The Kier molecular flexibility index (Phi) is 3.59. The maximum Gasteiger partial charge on any atom is 0.0693 e. The van der Waals surface area contributed by atoms with E-state index in [4.69, 9.17) is 0 Å². The third kappa shape index (κ3) is 2.43. The number of aromatic nitrogens is 3. The van der Waals surface area contributed by atoms with Crippen LogP contribution in [-0.4, -0.2) is 39.0 Å². The summed E-state index contributed by atoms with van der Waals surface area (Å²) in [4.78, 5) is 2.60. The molecule has 0 N–H and O–H groups in total. The van der Waals surface area contributed by atoms with Crippen molar-refractivity contribution in [3.8, 4) is 0 Å². The van der Waals surface area contributed by atoms with Gasteiger partial charge in [-0.05, 0) is 25.7 Å². The van der Waals surface area contributed by atoms with Crippen molar-refractivity contribution in [3.05, 3.63) is 12.4 Å². The van der Waals surface area contributed by atoms with Crippen LogP contribution in [0, 0.1) is 5.92 Å². The van der Waals surface area contributed by atoms with Crippen molar-refractivity contribution in [2.45, 2.75) is 45.7 Å². The summed E-state index contributed by atoms with van der Waals surface area (Å²) in [5.74, 6) is 0.739. The minimum atomic E-state index is 0.554. The van der Waals surface area contributed by atoms with Gasteiger partial charge in [-0.2, -0.15) is 0 Å². The van der Waals surface area contributed by atoms with Crippen LogP contribution in [0.15, 0.2) is 12.4 Å². The molecule has 1 aliphatic heterocycles. The highest BCUT2D eigenvalue weighted by Crippen LogP contribution is 2.24. The summed E-state index contributed by atoms with van der Waals surface area (Å²) in [6.07, 6.45) is 6.14. The molecule has 4 nitrogen and oxygen atoms in total. The molecular formula is C12H22N4. The third-order valence-corrected chi connectivity index (χ3v) is 3.85. The molecule has 1 fully saturated rings. The van der Waals surface area contributed by atoms with Crippen LogP contribution < -0.4 is 0 Å². The smallest absolute Gasteiger partial charge is 0.0693 e. The van der Waals surface area contributed by atoms with E-state index in [-0.39, 0.29) is 0 Å². The summed E-state index contributed by atoms with van der Waals surface area (Å²) < 4.78 is 2.01. The van der Waals surface area contributed by atoms with Gasteiger partial charge < -0.3 is 4.90 Å². The van der Waals surface area contributed by atoms with Crippen molar-refractivity contribution in [2.24, 2.45) is 5.92 Å². The van der Waals surface area contributed by atoms with Crippen molar-refractivity contribution < 1.29 is 0 Å². The van der Waals surface area contributed by atoms with Crippen LogP contribution in [0.5, 0.6) is 0 Å². The fraction of sp³-hybridized carbons (Fsp3) is 0.833. The SMILES string of the molecule is CC(C)C(C)N1CCC(n2ccnn2)CC1. The molecule has 2 rings (SSSR count). The summed E-state index contributed by atoms with van der Waals surface area (Å²) in [5, 5.41) is 7.97. The summed E-state index contributed by atoms with van der Waals surface area (Å²) in [5.41, 5.74) is 0. The van der Waals surface area contributed by atoms with E-state index in [1.807, 2.05) is 10.9 Å². The highest BCUT2D eigenvalue weighted by molar-refractivity contribution is 4.81. The lowest BCUT2D eigenvalue weighted by molar-refractivity contribution is 0.113. The summed E-state index contributed by atoms with van der Waals surface area (Å²) in [6.45, 7) is 9.30. The molecule has 0 saturated carbocycles. The van der Waals surface area contributed by atoms with Crippen LogP contribution >= 0.6 is 0 Å². The van der Waals surface area contributed by atoms with Crippen LogP contribution in [0.3, 0.4) is 0 Å². The molecule has 16 heavy (non-hydrogen) atoms. The van der Waals surface area contributed by atoms with Gasteiger partial charge in [0.25, 0.3) is 0 Å². The highest BCUT2D eigenvalue weighted by Gasteiger charge is 2.25. The summed E-state index contributed by atoms with van der Waals surface area (Å²) in [7, 11) is 0. The van der Waals surface area contributed by atoms with Crippen molar-refractivity contribution in [3.63, 3.8) is 0 Å². The topological polar surface area (TPSA) is 34.0 Å². The molecule has 1 saturated heterocycles. The standard InChI is InChI=1S/C12H22N4/c1-10(2)11(3)15-7-4-12(5-8-15)16-9-6-13-14-16/h6,9-12H,4-5,7-8H2,1-3H3. The monoisotopic (exact) mass is 222 g/mol. The molecule has 0 bridgehead atoms. The van der Waals surface area contributed by atoms with E-state index in [9.17, 15) is 0 Å². The Morgan fingerprint density at radius 2 is 1.88 bits per heavy atom. The van der Waals surface area contributed by atoms with Gasteiger partial charge in [-0.15, -0.1) is 5.10 Å². The average molecular weight is 222 g/mol. The van der Waals surface area contributed by atoms with Crippen molar-refractivity contribution in [1.82, 2.24) is 19.9 Å². The zero-order valence-corrected chi connectivity index (χ0v) is 10.5. The Bertz CT molecular complexity index is 299. The molecule has 1 aromatic rings. The van der Waals surface area contributed by atoms with Crippen LogP contribution in [0.2, 0.25) is 0 Å². The number of hydrogen-bond acceptors (Lipinski definition) is 3. The fourth-order valence-corrected chi connectivity index (χ4v) is 2.39. The second-order valence-corrected chi connectivity index (χ2v) is 5.13. The second-order valence-electron chi connectivity index (χ2n) is 5.13. The quantitative estimate of drug-likeness (QED) is 0.784. The molecule has 0 radical (unpaired) electrons. The molecule has 1 unspecified atom stereocenters. The van der Waals surface area contributed by atoms with E-state index in [0.717, 1.165) is 5.92 Å². The van der Waals surface area contributed by atoms with Gasteiger partial charge in [0.1, 0.15) is 0 Å². The lowest BCUT2D eigenvalue weighted by atomic mass is 9.99. The predicted octanol–water partition coefficient (Wildman–Crippen LogP) is 1.96. The molecule has 1 aliphatic rings. The first-order valence-corrected chi connectivity index (χ1v) is 6.28. The number of nitrogens with zero attached hydrogens (tertiary/aromatic N) is 4. The fourth-order valence-electron chi connectivity index (χ4n) is 2.39. The number of piperidine rings is 1. The molecule has 0 spiro atoms. The second kappa shape index (κ2) is 4.95. The van der Waals surface area contributed by atoms with Gasteiger partial charge >= 0.3 is 0 Å². The normalized spacial score (nSPS) is 21.5. The highest BCUT2D eigenvalue weighted by atomic mass is 15.4. The number of rotatable bonds is 3. The van der Waals surface area contributed by atoms with Gasteiger partial charge in [-0.1, -0.05) is 19.1 Å². The molecule has 4 heteroatoms. The largest absolute Gasteiger partial charge is 0.300 e. The third-order valence-electron chi connectivity index (χ3n) is 3.85. The Hall–Kier alpha value is -0.900. The minimum absolute atomic E-state index is 0.554. The Morgan fingerprint density at radius 3 is 2.38 bits per heavy atom. The molecule has 2 heterocycles. The molecule has 1 aromatic heterocycles. The van der Waals surface area contributed by atoms with Crippen molar-refractivity contribution in [2.75, 3.05) is 13.1 Å². The van der Waals surface area contributed by atoms with Crippen LogP contribution in [-0.2, 0) is 0 Å². The van der Waals surface area contributed by atoms with Gasteiger partial charge in [0.2, 0.25) is 0 Å². The van der Waals surface area contributed by atoms with Gasteiger partial charge in [0.15, 0.2) is 0 Å². The van der Waals surface area contributed by atoms with E-state index >= 15 is 0 Å². The molecule has 0 amide bonds. The molecular weight excluding hydrogens is 200 g/mol. The number of hydrogen-bond donors (Lipinski definition) is 0. The first-order chi connectivity index (χ1) is 7.68. The van der Waals surface area contributed by atoms with Gasteiger partial charge in [0.05, 0.1) is 12.2 Å². The van der Waals surface area contributed by atoms with Crippen LogP contribution in [0.25, 0.3) is 0 Å². The first kappa shape index (κ1) is 11.6. The maximum absolute atomic E-state index is 4.09. The molecule has 1 atom stereocenters. The van der Waals surface area contributed by atoms with Gasteiger partial charge in [0, 0.05) is 25.3 Å². The van der Waals surface area contributed by atoms with Gasteiger partial charge in [-0.25, -0.2) is 4.68 Å². The molecule has 0 aliphatic carbocycles. The van der Waals surface area contributed by atoms with E-state index < -0.39 is 0 Å². The van der Waals surface area contributed by atoms with Crippen LogP contribution in [0.1, 0.15) is 39.7 Å². The molecule has 90 valence electrons. The zero-order chi connectivity index (χ0) is 11.5. The van der Waals surface area contributed by atoms with E-state index in [0.29, 0.717) is 12.1 Å². The Morgan fingerprint density at radius 1 is 1.19 bits per heavy atom. The van der Waals surface area contributed by atoms with Crippen molar-refractivity contribution in [1.29, 1.82) is 0 Å². The van der Waals surface area contributed by atoms with Gasteiger partial charge in [-0.3, -0.25) is 0 Å². The number of likely N-dealkylation sites (tertiary alicyclic amines) is 1. The van der Waals surface area contributed by atoms with E-state index in [2.05, 4.69) is 36.0 Å². The lowest BCUT2D eigenvalue weighted by Crippen LogP contribution is -2.42. The first-order valence-electron chi connectivity index (χ1n) is 6.28.